The Morgan fingerprint density at radius 1 is 1.16 bits per heavy atom. The molecular weight excluding hydrogens is 464 g/mol. The van der Waals surface area contributed by atoms with Gasteiger partial charge in [0.25, 0.3) is 0 Å². The number of benzene rings is 2. The number of aromatic nitrogens is 4. The van der Waals surface area contributed by atoms with E-state index in [1.807, 2.05) is 52.4 Å². The van der Waals surface area contributed by atoms with Crippen molar-refractivity contribution in [2.24, 2.45) is 0 Å². The van der Waals surface area contributed by atoms with Crippen molar-refractivity contribution in [3.8, 4) is 22.9 Å². The Morgan fingerprint density at radius 3 is 2.75 bits per heavy atom. The number of allylic oxidation sites excluding steroid dienone is 1. The van der Waals surface area contributed by atoms with E-state index in [-0.39, 0.29) is 0 Å². The quantitative estimate of drug-likeness (QED) is 0.199. The highest BCUT2D eigenvalue weighted by molar-refractivity contribution is 7.98. The first-order valence-electron chi connectivity index (χ1n) is 9.80. The van der Waals surface area contributed by atoms with Gasteiger partial charge in [0.15, 0.2) is 11.0 Å². The number of thiazole rings is 1. The fraction of sp³-hybridized carbons (Fsp3) is 0.174. The van der Waals surface area contributed by atoms with E-state index in [0.717, 1.165) is 38.7 Å². The van der Waals surface area contributed by atoms with Gasteiger partial charge in [-0.1, -0.05) is 41.6 Å². The molecule has 164 valence electrons. The molecule has 2 aromatic carbocycles. The summed E-state index contributed by atoms with van der Waals surface area (Å²) in [5.74, 6) is 2.95. The lowest BCUT2D eigenvalue weighted by Gasteiger charge is -2.10. The van der Waals surface area contributed by atoms with Crippen LogP contribution in [0.4, 0.5) is 0 Å². The van der Waals surface area contributed by atoms with Crippen LogP contribution < -0.4 is 9.47 Å². The summed E-state index contributed by atoms with van der Waals surface area (Å²) in [5.41, 5.74) is 1.87. The maximum Gasteiger partial charge on any atom is 0.192 e. The predicted molar refractivity (Wildman–Crippen MR) is 130 cm³/mol. The van der Waals surface area contributed by atoms with E-state index < -0.39 is 0 Å². The van der Waals surface area contributed by atoms with Gasteiger partial charge >= 0.3 is 0 Å². The van der Waals surface area contributed by atoms with E-state index in [2.05, 4.69) is 21.8 Å². The number of ether oxygens (including phenoxy) is 2. The van der Waals surface area contributed by atoms with Gasteiger partial charge in [-0.25, -0.2) is 4.98 Å². The Morgan fingerprint density at radius 2 is 1.97 bits per heavy atom. The van der Waals surface area contributed by atoms with Gasteiger partial charge in [-0.3, -0.25) is 4.57 Å². The van der Waals surface area contributed by atoms with E-state index in [1.54, 1.807) is 42.3 Å². The molecule has 0 fully saturated rings. The normalized spacial score (nSPS) is 10.8. The van der Waals surface area contributed by atoms with Crippen LogP contribution in [0.15, 0.2) is 71.7 Å². The maximum absolute atomic E-state index is 5.91. The van der Waals surface area contributed by atoms with Gasteiger partial charge in [-0.2, -0.15) is 0 Å². The molecule has 32 heavy (non-hydrogen) atoms. The van der Waals surface area contributed by atoms with Crippen molar-refractivity contribution in [1.29, 1.82) is 0 Å². The van der Waals surface area contributed by atoms with Crippen LogP contribution in [0.3, 0.4) is 0 Å². The molecule has 0 amide bonds. The first-order valence-corrected chi connectivity index (χ1v) is 12.0. The highest BCUT2D eigenvalue weighted by Crippen LogP contribution is 2.32. The molecule has 6 nitrogen and oxygen atoms in total. The molecule has 0 aliphatic carbocycles. The van der Waals surface area contributed by atoms with Crippen LogP contribution in [0.25, 0.3) is 11.4 Å². The van der Waals surface area contributed by atoms with Gasteiger partial charge in [0, 0.05) is 22.7 Å². The van der Waals surface area contributed by atoms with Crippen molar-refractivity contribution in [3.63, 3.8) is 0 Å². The Hall–Kier alpha value is -2.81. The summed E-state index contributed by atoms with van der Waals surface area (Å²) in [6, 6.07) is 15.1. The number of methoxy groups -OCH3 is 1. The highest BCUT2D eigenvalue weighted by Gasteiger charge is 2.17. The average molecular weight is 485 g/mol. The highest BCUT2D eigenvalue weighted by atomic mass is 35.5. The Kier molecular flexibility index (Phi) is 7.47. The van der Waals surface area contributed by atoms with Crippen molar-refractivity contribution in [3.05, 3.63) is 82.3 Å². The molecule has 2 heterocycles. The SMILES string of the molecule is C=CCn1c(SCc2csc(COc3ccc(Cl)cc3)n2)nnc1-c1ccccc1OC. The first kappa shape index (κ1) is 22.4. The van der Waals surface area contributed by atoms with Gasteiger partial charge in [-0.15, -0.1) is 28.1 Å². The zero-order valence-electron chi connectivity index (χ0n) is 17.4. The van der Waals surface area contributed by atoms with Gasteiger partial charge in [0.1, 0.15) is 23.1 Å². The molecule has 4 rings (SSSR count). The average Bonchev–Trinajstić information content (AvgIpc) is 3.44. The van der Waals surface area contributed by atoms with Gasteiger partial charge < -0.3 is 9.47 Å². The third-order valence-corrected chi connectivity index (χ3v) is 6.62. The molecular formula is C23H21ClN4O2S2. The third kappa shape index (κ3) is 5.32. The molecule has 0 saturated carbocycles. The molecule has 0 atom stereocenters. The second kappa shape index (κ2) is 10.7. The largest absolute Gasteiger partial charge is 0.496 e. The van der Waals surface area contributed by atoms with Gasteiger partial charge in [-0.05, 0) is 36.4 Å². The number of hydrogen-bond acceptors (Lipinski definition) is 7. The molecule has 0 spiro atoms. The van der Waals surface area contributed by atoms with Crippen molar-refractivity contribution >= 4 is 34.7 Å². The molecule has 0 aliphatic heterocycles. The molecule has 0 aliphatic rings. The van der Waals surface area contributed by atoms with Gasteiger partial charge in [0.2, 0.25) is 0 Å². The van der Waals surface area contributed by atoms with Gasteiger partial charge in [0.05, 0.1) is 18.4 Å². The summed E-state index contributed by atoms with van der Waals surface area (Å²) >= 11 is 9.07. The lowest BCUT2D eigenvalue weighted by atomic mass is 10.2. The zero-order valence-corrected chi connectivity index (χ0v) is 19.8. The van der Waals surface area contributed by atoms with Crippen LogP contribution in [0.2, 0.25) is 5.02 Å². The van der Waals surface area contributed by atoms with Crippen molar-refractivity contribution in [1.82, 2.24) is 19.7 Å². The molecule has 2 aromatic heterocycles. The van der Waals surface area contributed by atoms with E-state index in [4.69, 9.17) is 21.1 Å². The minimum atomic E-state index is 0.418. The number of thioether (sulfide) groups is 1. The minimum Gasteiger partial charge on any atom is -0.496 e. The van der Waals surface area contributed by atoms with Crippen molar-refractivity contribution in [2.75, 3.05) is 7.11 Å². The summed E-state index contributed by atoms with van der Waals surface area (Å²) in [4.78, 5) is 4.67. The first-order chi connectivity index (χ1) is 15.7. The van der Waals surface area contributed by atoms with E-state index in [1.165, 1.54) is 0 Å². The molecule has 0 saturated heterocycles. The summed E-state index contributed by atoms with van der Waals surface area (Å²) < 4.78 is 13.3. The Labute approximate surface area is 199 Å². The summed E-state index contributed by atoms with van der Waals surface area (Å²) in [7, 11) is 1.65. The van der Waals surface area contributed by atoms with E-state index in [0.29, 0.717) is 23.9 Å². The lowest BCUT2D eigenvalue weighted by molar-refractivity contribution is 0.305. The maximum atomic E-state index is 5.91. The van der Waals surface area contributed by atoms with Crippen LogP contribution in [-0.2, 0) is 18.9 Å². The van der Waals surface area contributed by atoms with Crippen LogP contribution in [0, 0.1) is 0 Å². The second-order valence-corrected chi connectivity index (χ2v) is 8.99. The van der Waals surface area contributed by atoms with E-state index >= 15 is 0 Å². The van der Waals surface area contributed by atoms with Crippen molar-refractivity contribution in [2.45, 2.75) is 24.1 Å². The molecule has 0 radical (unpaired) electrons. The Balaban J connectivity index is 1.43. The molecule has 0 unspecified atom stereocenters. The Bertz CT molecular complexity index is 1190. The van der Waals surface area contributed by atoms with Crippen LogP contribution in [0.1, 0.15) is 10.7 Å². The molecule has 9 heteroatoms. The smallest absolute Gasteiger partial charge is 0.192 e. The number of para-hydroxylation sites is 1. The fourth-order valence-electron chi connectivity index (χ4n) is 3.01. The molecule has 4 aromatic rings. The third-order valence-electron chi connectivity index (χ3n) is 4.50. The number of hydrogen-bond donors (Lipinski definition) is 0. The number of rotatable bonds is 10. The summed E-state index contributed by atoms with van der Waals surface area (Å²) in [6.07, 6.45) is 1.83. The minimum absolute atomic E-state index is 0.418. The molecule has 0 N–H and O–H groups in total. The monoisotopic (exact) mass is 484 g/mol. The molecule has 0 bridgehead atoms. The summed E-state index contributed by atoms with van der Waals surface area (Å²) in [6.45, 7) is 4.89. The number of nitrogens with zero attached hydrogens (tertiary/aromatic N) is 4. The topological polar surface area (TPSA) is 62.1 Å². The fourth-order valence-corrected chi connectivity index (χ4v) is 4.79. The van der Waals surface area contributed by atoms with Crippen LogP contribution in [-0.4, -0.2) is 26.9 Å². The van der Waals surface area contributed by atoms with Crippen LogP contribution in [0.5, 0.6) is 11.5 Å². The van der Waals surface area contributed by atoms with E-state index in [9.17, 15) is 0 Å². The predicted octanol–water partition coefficient (Wildman–Crippen LogP) is 6.12. The lowest BCUT2D eigenvalue weighted by Crippen LogP contribution is -2.02. The number of halogens is 1. The van der Waals surface area contributed by atoms with Crippen LogP contribution >= 0.6 is 34.7 Å². The standard InChI is InChI=1S/C23H21ClN4O2S2/c1-3-12-28-22(19-6-4-5-7-20(19)29-2)26-27-23(28)32-15-17-14-31-21(25-17)13-30-18-10-8-16(24)9-11-18/h3-11,14H,1,12-13,15H2,2H3. The second-order valence-electron chi connectivity index (χ2n) is 6.67. The summed E-state index contributed by atoms with van der Waals surface area (Å²) in [5, 5.41) is 13.3. The van der Waals surface area contributed by atoms with Crippen molar-refractivity contribution < 1.29 is 9.47 Å². The zero-order chi connectivity index (χ0) is 22.3.